The number of hydrogen-bond acceptors (Lipinski definition) is 2. The maximum absolute atomic E-state index is 10.0. The topological polar surface area (TPSA) is 50.2 Å². The van der Waals surface area contributed by atoms with Crippen LogP contribution in [0.15, 0.2) is 66.9 Å². The van der Waals surface area contributed by atoms with Gasteiger partial charge >= 0.3 is 5.97 Å². The van der Waals surface area contributed by atoms with Gasteiger partial charge in [-0.1, -0.05) is 139 Å². The lowest BCUT2D eigenvalue weighted by Crippen LogP contribution is -1.93. The molecule has 1 heterocycles. The number of benzene rings is 2. The van der Waals surface area contributed by atoms with Crippen molar-refractivity contribution in [3.63, 3.8) is 0 Å². The number of aromatic nitrogens is 1. The van der Waals surface area contributed by atoms with E-state index < -0.39 is 5.97 Å². The Morgan fingerprint density at radius 3 is 1.78 bits per heavy atom. The molecular formula is C38H53NO2. The van der Waals surface area contributed by atoms with Crippen molar-refractivity contribution in [1.82, 2.24) is 4.98 Å². The van der Waals surface area contributed by atoms with Crippen LogP contribution in [0, 0.1) is 0 Å². The van der Waals surface area contributed by atoms with Crippen LogP contribution in [0.5, 0.6) is 0 Å². The molecule has 3 heteroatoms. The van der Waals surface area contributed by atoms with Crippen LogP contribution in [0.3, 0.4) is 0 Å². The molecule has 4 rings (SSSR count). The van der Waals surface area contributed by atoms with E-state index in [0.717, 1.165) is 30.9 Å². The van der Waals surface area contributed by atoms with Crippen molar-refractivity contribution in [1.29, 1.82) is 0 Å². The van der Waals surface area contributed by atoms with E-state index in [4.69, 9.17) is 10.1 Å². The first kappa shape index (κ1) is 32.6. The van der Waals surface area contributed by atoms with Crippen LogP contribution in [-0.2, 0) is 11.2 Å². The Labute approximate surface area is 249 Å². The molecule has 1 aliphatic rings. The second kappa shape index (κ2) is 19.2. The standard InChI is InChI=1S/C30H37N.C8H16O2/c1-2-3-4-5-6-7-10-24-13-22-30(31-23-24)29-20-18-28(19-21-29)27-16-14-26(15-17-27)25-11-8-9-12-25;1-2-3-4-5-6-7-8(9)10/h13-23,25H,2-12H2,1H3;2-7H2,1H3,(H,9,10). The summed E-state index contributed by atoms with van der Waals surface area (Å²) in [5, 5.41) is 8.27. The molecule has 0 radical (unpaired) electrons. The third-order valence-corrected chi connectivity index (χ3v) is 8.39. The third-order valence-electron chi connectivity index (χ3n) is 8.39. The normalized spacial score (nSPS) is 13.1. The Balaban J connectivity index is 0.000000397. The van der Waals surface area contributed by atoms with Crippen LogP contribution < -0.4 is 0 Å². The summed E-state index contributed by atoms with van der Waals surface area (Å²) in [6.45, 7) is 4.42. The van der Waals surface area contributed by atoms with Crippen molar-refractivity contribution in [2.45, 2.75) is 129 Å². The van der Waals surface area contributed by atoms with Crippen molar-refractivity contribution in [3.8, 4) is 22.4 Å². The maximum atomic E-state index is 10.0. The van der Waals surface area contributed by atoms with E-state index in [1.807, 2.05) is 0 Å². The molecule has 1 aliphatic carbocycles. The van der Waals surface area contributed by atoms with Crippen LogP contribution in [0.25, 0.3) is 22.4 Å². The number of carboxylic acids is 1. The highest BCUT2D eigenvalue weighted by Crippen LogP contribution is 2.35. The summed E-state index contributed by atoms with van der Waals surface area (Å²) < 4.78 is 0. The average Bonchev–Trinajstić information content (AvgIpc) is 3.55. The Kier molecular flexibility index (Phi) is 15.3. The SMILES string of the molecule is CCCCCCCC(=O)O.CCCCCCCCc1ccc(-c2ccc(-c3ccc(C4CCCC4)cc3)cc2)nc1. The molecule has 0 atom stereocenters. The number of carboxylic acid groups (broad SMARTS) is 1. The summed E-state index contributed by atoms with van der Waals surface area (Å²) >= 11 is 0. The molecule has 222 valence electrons. The first-order valence-electron chi connectivity index (χ1n) is 16.5. The highest BCUT2D eigenvalue weighted by atomic mass is 16.4. The van der Waals surface area contributed by atoms with E-state index in [2.05, 4.69) is 80.7 Å². The fourth-order valence-corrected chi connectivity index (χ4v) is 5.77. The average molecular weight is 556 g/mol. The van der Waals surface area contributed by atoms with Gasteiger partial charge in [0.15, 0.2) is 0 Å². The smallest absolute Gasteiger partial charge is 0.303 e. The Hall–Kier alpha value is -2.94. The lowest BCUT2D eigenvalue weighted by Gasteiger charge is -2.11. The van der Waals surface area contributed by atoms with Gasteiger partial charge in [-0.3, -0.25) is 9.78 Å². The molecule has 1 saturated carbocycles. The van der Waals surface area contributed by atoms with Crippen LogP contribution in [0.1, 0.15) is 134 Å². The number of nitrogens with zero attached hydrogens (tertiary/aromatic N) is 1. The highest BCUT2D eigenvalue weighted by molar-refractivity contribution is 5.69. The van der Waals surface area contributed by atoms with Crippen LogP contribution >= 0.6 is 0 Å². The zero-order chi connectivity index (χ0) is 29.1. The lowest BCUT2D eigenvalue weighted by atomic mass is 9.95. The molecule has 3 aromatic rings. The Morgan fingerprint density at radius 2 is 1.22 bits per heavy atom. The van der Waals surface area contributed by atoms with Gasteiger partial charge in [-0.25, -0.2) is 0 Å². The van der Waals surface area contributed by atoms with E-state index in [1.54, 1.807) is 0 Å². The fraction of sp³-hybridized carbons (Fsp3) is 0.526. The Morgan fingerprint density at radius 1 is 0.683 bits per heavy atom. The molecule has 3 nitrogen and oxygen atoms in total. The molecule has 0 bridgehead atoms. The van der Waals surface area contributed by atoms with Gasteiger partial charge in [-0.15, -0.1) is 0 Å². The molecule has 1 aromatic heterocycles. The van der Waals surface area contributed by atoms with Gasteiger partial charge in [0.25, 0.3) is 0 Å². The van der Waals surface area contributed by atoms with Crippen molar-refractivity contribution in [3.05, 3.63) is 78.0 Å². The van der Waals surface area contributed by atoms with E-state index in [1.165, 1.54) is 111 Å². The minimum absolute atomic E-state index is 0.337. The van der Waals surface area contributed by atoms with Crippen molar-refractivity contribution in [2.75, 3.05) is 0 Å². The van der Waals surface area contributed by atoms with E-state index in [9.17, 15) is 4.79 Å². The minimum Gasteiger partial charge on any atom is -0.481 e. The van der Waals surface area contributed by atoms with E-state index in [0.29, 0.717) is 6.42 Å². The number of aryl methyl sites for hydroxylation is 1. The van der Waals surface area contributed by atoms with Crippen molar-refractivity contribution >= 4 is 5.97 Å². The van der Waals surface area contributed by atoms with Crippen LogP contribution in [0.2, 0.25) is 0 Å². The first-order valence-corrected chi connectivity index (χ1v) is 16.5. The minimum atomic E-state index is -0.670. The van der Waals surface area contributed by atoms with Gasteiger partial charge in [0, 0.05) is 18.2 Å². The largest absolute Gasteiger partial charge is 0.481 e. The first-order chi connectivity index (χ1) is 20.1. The molecule has 0 unspecified atom stereocenters. The van der Waals surface area contributed by atoms with Gasteiger partial charge < -0.3 is 5.11 Å². The zero-order valence-corrected chi connectivity index (χ0v) is 25.8. The summed E-state index contributed by atoms with van der Waals surface area (Å²) in [7, 11) is 0. The lowest BCUT2D eigenvalue weighted by molar-refractivity contribution is -0.137. The highest BCUT2D eigenvalue weighted by Gasteiger charge is 2.16. The molecule has 41 heavy (non-hydrogen) atoms. The molecule has 0 saturated heterocycles. The summed E-state index contributed by atoms with van der Waals surface area (Å²) in [6.07, 6.45) is 22.7. The van der Waals surface area contributed by atoms with Gasteiger partial charge in [-0.2, -0.15) is 0 Å². The van der Waals surface area contributed by atoms with Gasteiger partial charge in [0.2, 0.25) is 0 Å². The number of carbonyl (C=O) groups is 1. The number of unbranched alkanes of at least 4 members (excludes halogenated alkanes) is 9. The van der Waals surface area contributed by atoms with Gasteiger partial charge in [-0.05, 0) is 66.3 Å². The number of rotatable bonds is 16. The second-order valence-electron chi connectivity index (χ2n) is 11.8. The second-order valence-corrected chi connectivity index (χ2v) is 11.8. The van der Waals surface area contributed by atoms with E-state index >= 15 is 0 Å². The molecule has 2 aromatic carbocycles. The summed E-state index contributed by atoms with van der Waals surface area (Å²) in [6, 6.07) is 22.5. The summed E-state index contributed by atoms with van der Waals surface area (Å²) in [5.41, 5.74) is 7.71. The fourth-order valence-electron chi connectivity index (χ4n) is 5.77. The Bertz CT molecular complexity index is 1100. The number of hydrogen-bond donors (Lipinski definition) is 1. The number of aliphatic carboxylic acids is 1. The zero-order valence-electron chi connectivity index (χ0n) is 25.8. The molecule has 0 amide bonds. The van der Waals surface area contributed by atoms with E-state index in [-0.39, 0.29) is 0 Å². The predicted molar refractivity (Wildman–Crippen MR) is 174 cm³/mol. The van der Waals surface area contributed by atoms with Crippen molar-refractivity contribution in [2.24, 2.45) is 0 Å². The molecule has 0 aliphatic heterocycles. The summed E-state index contributed by atoms with van der Waals surface area (Å²) in [4.78, 5) is 14.8. The molecule has 0 spiro atoms. The quantitative estimate of drug-likeness (QED) is 0.179. The van der Waals surface area contributed by atoms with Gasteiger partial charge in [0.05, 0.1) is 5.69 Å². The maximum Gasteiger partial charge on any atom is 0.303 e. The van der Waals surface area contributed by atoms with Crippen molar-refractivity contribution < 1.29 is 9.90 Å². The third kappa shape index (κ3) is 12.2. The molecule has 1 N–H and O–H groups in total. The number of pyridine rings is 1. The van der Waals surface area contributed by atoms with Gasteiger partial charge in [0.1, 0.15) is 0 Å². The summed E-state index contributed by atoms with van der Waals surface area (Å²) in [5.74, 6) is 0.114. The van der Waals surface area contributed by atoms with Crippen LogP contribution in [-0.4, -0.2) is 16.1 Å². The molecular weight excluding hydrogens is 502 g/mol. The van der Waals surface area contributed by atoms with Crippen LogP contribution in [0.4, 0.5) is 0 Å². The molecule has 1 fully saturated rings. The predicted octanol–water partition coefficient (Wildman–Crippen LogP) is 11.4. The monoisotopic (exact) mass is 555 g/mol.